The van der Waals surface area contributed by atoms with Crippen molar-refractivity contribution in [1.82, 2.24) is 4.98 Å². The third kappa shape index (κ3) is 2.36. The summed E-state index contributed by atoms with van der Waals surface area (Å²) in [4.78, 5) is 14.5. The molecule has 0 aliphatic rings. The first kappa shape index (κ1) is 9.86. The van der Waals surface area contributed by atoms with Crippen LogP contribution in [0, 0.1) is 0 Å². The van der Waals surface area contributed by atoms with Crippen LogP contribution in [0.5, 0.6) is 0 Å². The number of nitrogens with zero attached hydrogens (tertiary/aromatic N) is 1. The van der Waals surface area contributed by atoms with Crippen molar-refractivity contribution in [3.63, 3.8) is 0 Å². The molecule has 0 bridgehead atoms. The topological polar surface area (TPSA) is 56.0 Å². The number of nitrogens with two attached hydrogens (primary N) is 1. The molecule has 0 amide bonds. The van der Waals surface area contributed by atoms with Gasteiger partial charge in [0.05, 0.1) is 0 Å². The second kappa shape index (κ2) is 4.72. The zero-order valence-corrected chi connectivity index (χ0v) is 7.73. The minimum Gasteiger partial charge on any atom is -0.330 e. The Labute approximate surface area is 78.0 Å². The van der Waals surface area contributed by atoms with E-state index in [-0.39, 0.29) is 0 Å². The third-order valence-electron chi connectivity index (χ3n) is 2.14. The maximum Gasteiger partial charge on any atom is 0.151 e. The highest BCUT2D eigenvalue weighted by Crippen LogP contribution is 2.15. The zero-order chi connectivity index (χ0) is 9.68. The highest BCUT2D eigenvalue weighted by Gasteiger charge is 2.07. The fourth-order valence-corrected chi connectivity index (χ4v) is 1.22. The molecule has 1 heterocycles. The zero-order valence-electron chi connectivity index (χ0n) is 7.73. The molecule has 0 aromatic carbocycles. The number of carbonyl (C=O) groups excluding carboxylic acids is 1. The van der Waals surface area contributed by atoms with E-state index in [0.29, 0.717) is 18.0 Å². The van der Waals surface area contributed by atoms with Gasteiger partial charge < -0.3 is 5.73 Å². The van der Waals surface area contributed by atoms with E-state index in [1.54, 1.807) is 12.3 Å². The van der Waals surface area contributed by atoms with Crippen molar-refractivity contribution in [3.05, 3.63) is 29.6 Å². The highest BCUT2D eigenvalue weighted by atomic mass is 16.1. The average molecular weight is 178 g/mol. The number of hydrogen-bond donors (Lipinski definition) is 1. The van der Waals surface area contributed by atoms with E-state index >= 15 is 0 Å². The van der Waals surface area contributed by atoms with Gasteiger partial charge in [-0.3, -0.25) is 9.78 Å². The third-order valence-corrected chi connectivity index (χ3v) is 2.14. The van der Waals surface area contributed by atoms with E-state index in [4.69, 9.17) is 5.73 Å². The molecule has 70 valence electrons. The summed E-state index contributed by atoms with van der Waals surface area (Å²) in [5, 5.41) is 0. The van der Waals surface area contributed by atoms with Crippen LogP contribution < -0.4 is 5.73 Å². The second-order valence-corrected chi connectivity index (χ2v) is 2.98. The normalized spacial score (nSPS) is 12.5. The monoisotopic (exact) mass is 178 g/mol. The summed E-state index contributed by atoms with van der Waals surface area (Å²) < 4.78 is 0. The molecule has 0 aliphatic carbocycles. The maximum atomic E-state index is 10.4. The van der Waals surface area contributed by atoms with Gasteiger partial charge in [-0.25, -0.2) is 0 Å². The minimum atomic E-state index is 0.306. The van der Waals surface area contributed by atoms with Crippen molar-refractivity contribution in [2.45, 2.75) is 19.3 Å². The Morgan fingerprint density at radius 3 is 2.77 bits per heavy atom. The first-order chi connectivity index (χ1) is 6.31. The lowest BCUT2D eigenvalue weighted by molar-refractivity contribution is 0.112. The van der Waals surface area contributed by atoms with Crippen LogP contribution in [0.25, 0.3) is 0 Å². The van der Waals surface area contributed by atoms with Crippen molar-refractivity contribution in [2.24, 2.45) is 5.73 Å². The Morgan fingerprint density at radius 2 is 2.38 bits per heavy atom. The van der Waals surface area contributed by atoms with Gasteiger partial charge >= 0.3 is 0 Å². The molecule has 3 heteroatoms. The average Bonchev–Trinajstić information content (AvgIpc) is 2.21. The van der Waals surface area contributed by atoms with E-state index < -0.39 is 0 Å². The molecule has 0 aliphatic heterocycles. The van der Waals surface area contributed by atoms with Crippen LogP contribution in [0.15, 0.2) is 18.3 Å². The predicted octanol–water partition coefficient (Wildman–Crippen LogP) is 1.35. The van der Waals surface area contributed by atoms with Gasteiger partial charge in [0.15, 0.2) is 6.29 Å². The van der Waals surface area contributed by atoms with Crippen LogP contribution in [-0.2, 0) is 0 Å². The Balaban J connectivity index is 2.83. The van der Waals surface area contributed by atoms with Gasteiger partial charge in [-0.15, -0.1) is 0 Å². The van der Waals surface area contributed by atoms with Crippen LogP contribution in [0.1, 0.15) is 35.3 Å². The predicted molar refractivity (Wildman–Crippen MR) is 51.7 cm³/mol. The molecule has 1 aromatic rings. The molecule has 1 unspecified atom stereocenters. The summed E-state index contributed by atoms with van der Waals surface area (Å²) in [7, 11) is 0. The molecular weight excluding hydrogens is 164 g/mol. The molecule has 1 rings (SSSR count). The fourth-order valence-electron chi connectivity index (χ4n) is 1.22. The molecule has 0 fully saturated rings. The number of hydrogen-bond acceptors (Lipinski definition) is 3. The van der Waals surface area contributed by atoms with Gasteiger partial charge in [-0.1, -0.05) is 6.92 Å². The summed E-state index contributed by atoms with van der Waals surface area (Å²) in [6.45, 7) is 2.68. The van der Waals surface area contributed by atoms with Crippen molar-refractivity contribution in [2.75, 3.05) is 6.54 Å². The van der Waals surface area contributed by atoms with Crippen LogP contribution in [-0.4, -0.2) is 17.8 Å². The first-order valence-electron chi connectivity index (χ1n) is 4.43. The summed E-state index contributed by atoms with van der Waals surface area (Å²) in [6.07, 6.45) is 3.35. The van der Waals surface area contributed by atoms with E-state index in [1.165, 1.54) is 0 Å². The van der Waals surface area contributed by atoms with Crippen LogP contribution in [0.4, 0.5) is 0 Å². The quantitative estimate of drug-likeness (QED) is 0.708. The van der Waals surface area contributed by atoms with E-state index in [2.05, 4.69) is 11.9 Å². The Morgan fingerprint density at radius 1 is 1.62 bits per heavy atom. The fraction of sp³-hybridized carbons (Fsp3) is 0.400. The molecule has 0 spiro atoms. The van der Waals surface area contributed by atoms with E-state index in [1.807, 2.05) is 6.07 Å². The number of aldehydes is 1. The second-order valence-electron chi connectivity index (χ2n) is 2.98. The smallest absolute Gasteiger partial charge is 0.151 e. The van der Waals surface area contributed by atoms with E-state index in [0.717, 1.165) is 18.4 Å². The minimum absolute atomic E-state index is 0.306. The van der Waals surface area contributed by atoms with Crippen LogP contribution in [0.2, 0.25) is 0 Å². The lowest BCUT2D eigenvalue weighted by Crippen LogP contribution is -2.12. The van der Waals surface area contributed by atoms with Gasteiger partial charge in [-0.2, -0.15) is 0 Å². The molecule has 1 aromatic heterocycles. The molecule has 2 N–H and O–H groups in total. The standard InChI is InChI=1S/C10H14N2O/c1-2-9(5-11)10-4-3-8(7-13)6-12-10/h3-4,6-7,9H,2,5,11H2,1H3. The summed E-state index contributed by atoms with van der Waals surface area (Å²) in [5.41, 5.74) is 7.15. The molecule has 3 nitrogen and oxygen atoms in total. The van der Waals surface area contributed by atoms with Gasteiger partial charge in [0.25, 0.3) is 0 Å². The number of aromatic nitrogens is 1. The maximum absolute atomic E-state index is 10.4. The largest absolute Gasteiger partial charge is 0.330 e. The number of carbonyl (C=O) groups is 1. The summed E-state index contributed by atoms with van der Waals surface area (Å²) >= 11 is 0. The van der Waals surface area contributed by atoms with E-state index in [9.17, 15) is 4.79 Å². The van der Waals surface area contributed by atoms with Crippen LogP contribution >= 0.6 is 0 Å². The van der Waals surface area contributed by atoms with Gasteiger partial charge in [0, 0.05) is 29.9 Å². The lowest BCUT2D eigenvalue weighted by Gasteiger charge is -2.10. The Hall–Kier alpha value is -1.22. The lowest BCUT2D eigenvalue weighted by atomic mass is 10.0. The van der Waals surface area contributed by atoms with Crippen LogP contribution in [0.3, 0.4) is 0 Å². The SMILES string of the molecule is CCC(CN)c1ccc(C=O)cn1. The van der Waals surface area contributed by atoms with Gasteiger partial charge in [-0.05, 0) is 18.6 Å². The summed E-state index contributed by atoms with van der Waals surface area (Å²) in [6, 6.07) is 3.64. The first-order valence-corrected chi connectivity index (χ1v) is 4.43. The highest BCUT2D eigenvalue weighted by molar-refractivity contribution is 5.73. The van der Waals surface area contributed by atoms with Crippen molar-refractivity contribution < 1.29 is 4.79 Å². The van der Waals surface area contributed by atoms with Crippen molar-refractivity contribution >= 4 is 6.29 Å². The summed E-state index contributed by atoms with van der Waals surface area (Å²) in [5.74, 6) is 0.306. The molecule has 0 saturated carbocycles. The molecule has 0 radical (unpaired) electrons. The van der Waals surface area contributed by atoms with Crippen molar-refractivity contribution in [1.29, 1.82) is 0 Å². The number of rotatable bonds is 4. The molecular formula is C10H14N2O. The van der Waals surface area contributed by atoms with Crippen molar-refractivity contribution in [3.8, 4) is 0 Å². The van der Waals surface area contributed by atoms with Gasteiger partial charge in [0.2, 0.25) is 0 Å². The Bertz CT molecular complexity index is 265. The molecule has 0 saturated heterocycles. The van der Waals surface area contributed by atoms with Gasteiger partial charge in [0.1, 0.15) is 0 Å². The Kier molecular flexibility index (Phi) is 3.58. The molecule has 1 atom stereocenters. The molecule has 13 heavy (non-hydrogen) atoms. The number of pyridine rings is 1.